The Balaban J connectivity index is 2.67. The summed E-state index contributed by atoms with van der Waals surface area (Å²) >= 11 is 0. The van der Waals surface area contributed by atoms with Crippen molar-refractivity contribution < 1.29 is 4.79 Å². The molecule has 0 bridgehead atoms. The van der Waals surface area contributed by atoms with Crippen LogP contribution in [0.4, 0.5) is 5.69 Å². The van der Waals surface area contributed by atoms with E-state index in [4.69, 9.17) is 11.5 Å². The average molecular weight is 231 g/mol. The number of carbonyl (C=O) groups excluding carboxylic acids is 1. The molecule has 4 N–H and O–H groups in total. The minimum atomic E-state index is -0.577. The number of anilines is 1. The Hall–Kier alpha value is -2.37. The Morgan fingerprint density at radius 3 is 2.59 bits per heavy atom. The summed E-state index contributed by atoms with van der Waals surface area (Å²) in [5.41, 5.74) is 13.3. The summed E-state index contributed by atoms with van der Waals surface area (Å²) in [5.74, 6) is -0.176. The fraction of sp³-hybridized carbons (Fsp3) is 0.182. The molecule has 0 aliphatic rings. The number of nitrogen functional groups attached to an aromatic ring is 1. The number of carbonyl (C=O) groups is 1. The van der Waals surface area contributed by atoms with Gasteiger partial charge in [-0.05, 0) is 26.0 Å². The van der Waals surface area contributed by atoms with Crippen LogP contribution in [-0.4, -0.2) is 20.7 Å². The smallest absolute Gasteiger partial charge is 0.252 e. The highest BCUT2D eigenvalue weighted by atomic mass is 16.1. The quantitative estimate of drug-likeness (QED) is 0.788. The second-order valence-corrected chi connectivity index (χ2v) is 3.84. The molecule has 0 saturated heterocycles. The molecule has 88 valence electrons. The second kappa shape index (κ2) is 3.89. The zero-order valence-corrected chi connectivity index (χ0v) is 9.64. The molecule has 0 atom stereocenters. The van der Waals surface area contributed by atoms with E-state index < -0.39 is 5.91 Å². The van der Waals surface area contributed by atoms with Gasteiger partial charge in [0.25, 0.3) is 5.91 Å². The van der Waals surface area contributed by atoms with Crippen molar-refractivity contribution in [3.05, 3.63) is 35.3 Å². The van der Waals surface area contributed by atoms with Gasteiger partial charge in [0.1, 0.15) is 0 Å². The molecule has 0 radical (unpaired) electrons. The zero-order valence-electron chi connectivity index (χ0n) is 9.64. The van der Waals surface area contributed by atoms with Crippen LogP contribution in [0.5, 0.6) is 0 Å². The summed E-state index contributed by atoms with van der Waals surface area (Å²) in [6.07, 6.45) is 1.47. The van der Waals surface area contributed by atoms with E-state index in [2.05, 4.69) is 10.1 Å². The minimum absolute atomic E-state index is 0.260. The van der Waals surface area contributed by atoms with Crippen LogP contribution in [0.2, 0.25) is 0 Å². The third-order valence-electron chi connectivity index (χ3n) is 2.36. The third kappa shape index (κ3) is 1.96. The summed E-state index contributed by atoms with van der Waals surface area (Å²) in [6, 6.07) is 3.39. The maximum absolute atomic E-state index is 11.4. The van der Waals surface area contributed by atoms with Gasteiger partial charge in [-0.25, -0.2) is 9.67 Å². The molecule has 0 saturated carbocycles. The first-order valence-electron chi connectivity index (χ1n) is 5.08. The number of hydrogen-bond acceptors (Lipinski definition) is 4. The van der Waals surface area contributed by atoms with Gasteiger partial charge in [0.2, 0.25) is 0 Å². The van der Waals surface area contributed by atoms with E-state index in [-0.39, 0.29) is 5.56 Å². The third-order valence-corrected chi connectivity index (χ3v) is 2.36. The van der Waals surface area contributed by atoms with E-state index in [0.717, 1.165) is 11.4 Å². The van der Waals surface area contributed by atoms with Crippen molar-refractivity contribution in [3.8, 4) is 5.82 Å². The van der Waals surface area contributed by atoms with Crippen molar-refractivity contribution in [1.29, 1.82) is 0 Å². The Morgan fingerprint density at radius 1 is 1.35 bits per heavy atom. The maximum atomic E-state index is 11.4. The van der Waals surface area contributed by atoms with Gasteiger partial charge in [-0.3, -0.25) is 4.79 Å². The van der Waals surface area contributed by atoms with Gasteiger partial charge in [-0.15, -0.1) is 0 Å². The Labute approximate surface area is 98.3 Å². The molecule has 6 nitrogen and oxygen atoms in total. The average Bonchev–Trinajstić information content (AvgIpc) is 2.57. The summed E-state index contributed by atoms with van der Waals surface area (Å²) < 4.78 is 1.58. The van der Waals surface area contributed by atoms with Crippen LogP contribution in [0.3, 0.4) is 0 Å². The van der Waals surface area contributed by atoms with Crippen molar-refractivity contribution in [1.82, 2.24) is 14.8 Å². The van der Waals surface area contributed by atoms with Crippen LogP contribution >= 0.6 is 0 Å². The Kier molecular flexibility index (Phi) is 2.55. The van der Waals surface area contributed by atoms with Gasteiger partial charge >= 0.3 is 0 Å². The summed E-state index contributed by atoms with van der Waals surface area (Å²) in [7, 11) is 0. The van der Waals surface area contributed by atoms with E-state index in [1.54, 1.807) is 4.68 Å². The van der Waals surface area contributed by atoms with Gasteiger partial charge in [-0.1, -0.05) is 0 Å². The number of hydrogen-bond donors (Lipinski definition) is 2. The number of aromatic nitrogens is 3. The lowest BCUT2D eigenvalue weighted by atomic mass is 10.2. The lowest BCUT2D eigenvalue weighted by Gasteiger charge is -2.08. The number of rotatable bonds is 2. The predicted octanol–water partition coefficient (Wildman–Crippen LogP) is 0.565. The van der Waals surface area contributed by atoms with E-state index in [1.807, 2.05) is 19.9 Å². The first-order chi connectivity index (χ1) is 7.99. The number of primary amides is 1. The topological polar surface area (TPSA) is 99.8 Å². The van der Waals surface area contributed by atoms with Crippen LogP contribution in [0.15, 0.2) is 18.3 Å². The van der Waals surface area contributed by atoms with E-state index in [9.17, 15) is 4.79 Å². The standard InChI is InChI=1S/C11H13N5O/c1-6-3-7(2)16(15-6)11-9(10(13)17)4-8(12)5-14-11/h3-5H,12H2,1-2H3,(H2,13,17). The number of pyridine rings is 1. The van der Waals surface area contributed by atoms with Crippen LogP contribution in [0.1, 0.15) is 21.7 Å². The lowest BCUT2D eigenvalue weighted by Crippen LogP contribution is -2.17. The molecule has 0 aromatic carbocycles. The summed E-state index contributed by atoms with van der Waals surface area (Å²) in [6.45, 7) is 3.74. The van der Waals surface area contributed by atoms with Gasteiger partial charge in [0, 0.05) is 5.69 Å². The van der Waals surface area contributed by atoms with Gasteiger partial charge in [0.15, 0.2) is 5.82 Å². The fourth-order valence-electron chi connectivity index (χ4n) is 1.67. The van der Waals surface area contributed by atoms with Crippen molar-refractivity contribution in [2.24, 2.45) is 5.73 Å². The molecule has 17 heavy (non-hydrogen) atoms. The molecule has 6 heteroatoms. The first kappa shape index (κ1) is 11.1. The van der Waals surface area contributed by atoms with Crippen LogP contribution in [0.25, 0.3) is 5.82 Å². The first-order valence-corrected chi connectivity index (χ1v) is 5.08. The van der Waals surface area contributed by atoms with E-state index in [0.29, 0.717) is 11.5 Å². The van der Waals surface area contributed by atoms with Crippen molar-refractivity contribution >= 4 is 11.6 Å². The monoisotopic (exact) mass is 231 g/mol. The maximum Gasteiger partial charge on any atom is 0.252 e. The van der Waals surface area contributed by atoms with Gasteiger partial charge < -0.3 is 11.5 Å². The van der Waals surface area contributed by atoms with Gasteiger partial charge in [0.05, 0.1) is 23.1 Å². The minimum Gasteiger partial charge on any atom is -0.397 e. The molecule has 0 aliphatic carbocycles. The lowest BCUT2D eigenvalue weighted by molar-refractivity contribution is 0.1000. The molecule has 0 fully saturated rings. The number of aryl methyl sites for hydroxylation is 2. The van der Waals surface area contributed by atoms with Crippen molar-refractivity contribution in [3.63, 3.8) is 0 Å². The van der Waals surface area contributed by atoms with Gasteiger partial charge in [-0.2, -0.15) is 5.10 Å². The predicted molar refractivity (Wildman–Crippen MR) is 63.8 cm³/mol. The molecule has 0 unspecified atom stereocenters. The molecule has 0 aliphatic heterocycles. The summed E-state index contributed by atoms with van der Waals surface area (Å²) in [5, 5.41) is 4.26. The van der Waals surface area contributed by atoms with Crippen LogP contribution in [0, 0.1) is 13.8 Å². The molecule has 2 heterocycles. The molecule has 1 amide bonds. The Morgan fingerprint density at radius 2 is 2.06 bits per heavy atom. The molecular weight excluding hydrogens is 218 g/mol. The normalized spacial score (nSPS) is 10.5. The molecule has 2 aromatic rings. The highest BCUT2D eigenvalue weighted by Gasteiger charge is 2.14. The Bertz CT molecular complexity index is 588. The highest BCUT2D eigenvalue weighted by molar-refractivity contribution is 5.96. The van der Waals surface area contributed by atoms with Crippen molar-refractivity contribution in [2.75, 3.05) is 5.73 Å². The molecule has 2 rings (SSSR count). The number of amides is 1. The number of nitrogens with two attached hydrogens (primary N) is 2. The molecule has 2 aromatic heterocycles. The fourth-order valence-corrected chi connectivity index (χ4v) is 1.67. The van der Waals surface area contributed by atoms with Crippen LogP contribution in [-0.2, 0) is 0 Å². The highest BCUT2D eigenvalue weighted by Crippen LogP contribution is 2.16. The van der Waals surface area contributed by atoms with Crippen LogP contribution < -0.4 is 11.5 Å². The SMILES string of the molecule is Cc1cc(C)n(-c2ncc(N)cc2C(N)=O)n1. The largest absolute Gasteiger partial charge is 0.397 e. The molecule has 0 spiro atoms. The van der Waals surface area contributed by atoms with E-state index in [1.165, 1.54) is 12.3 Å². The van der Waals surface area contributed by atoms with Crippen molar-refractivity contribution in [2.45, 2.75) is 13.8 Å². The second-order valence-electron chi connectivity index (χ2n) is 3.84. The zero-order chi connectivity index (χ0) is 12.6. The number of nitrogens with zero attached hydrogens (tertiary/aromatic N) is 3. The molecular formula is C11H13N5O. The van der Waals surface area contributed by atoms with E-state index >= 15 is 0 Å². The summed E-state index contributed by atoms with van der Waals surface area (Å²) in [4.78, 5) is 15.5.